The first-order chi connectivity index (χ1) is 52.1. The van der Waals surface area contributed by atoms with E-state index in [-0.39, 0.29) is 136 Å². The van der Waals surface area contributed by atoms with Gasteiger partial charge in [-0.2, -0.15) is 26.3 Å². The van der Waals surface area contributed by atoms with Crippen LogP contribution in [0, 0.1) is 0 Å². The molecule has 2 heterocycles. The van der Waals surface area contributed by atoms with Crippen molar-refractivity contribution in [2.75, 3.05) is 36.8 Å². The lowest BCUT2D eigenvalue weighted by Gasteiger charge is -2.36. The molecule has 18 nitrogen and oxygen atoms in total. The number of carbonyl (C=O) groups is 6. The molecule has 2 atom stereocenters. The van der Waals surface area contributed by atoms with E-state index >= 15 is 55.1 Å². The monoisotopic (exact) mass is 1460 g/mol. The lowest BCUT2D eigenvalue weighted by atomic mass is 9.80. The highest BCUT2D eigenvalue weighted by molar-refractivity contribution is 6.45. The van der Waals surface area contributed by atoms with Crippen LogP contribution in [-0.2, 0) is 35.3 Å². The van der Waals surface area contributed by atoms with Gasteiger partial charge in [0.15, 0.2) is 0 Å². The Bertz CT molecular complexity index is 5190. The van der Waals surface area contributed by atoms with Crippen molar-refractivity contribution in [3.63, 3.8) is 0 Å². The number of imide groups is 2. The summed E-state index contributed by atoms with van der Waals surface area (Å²) < 4.78 is 121. The van der Waals surface area contributed by atoms with Gasteiger partial charge < -0.3 is 52.5 Å². The number of nitrogens with one attached hydrogen (secondary N) is 2. The molecule has 0 aliphatic carbocycles. The summed E-state index contributed by atoms with van der Waals surface area (Å²) in [6.07, 6.45) is -12.7. The van der Waals surface area contributed by atoms with Gasteiger partial charge in [0.05, 0.1) is 35.1 Å². The smallest absolute Gasteiger partial charge is 0.391 e. The largest absolute Gasteiger partial charge is 0.457 e. The molecule has 6 amide bonds. The summed E-state index contributed by atoms with van der Waals surface area (Å²) in [6.45, 7) is 1.05. The number of benzene rings is 13. The second-order valence-corrected chi connectivity index (χ2v) is 26.5. The maximum absolute atomic E-state index is 16.2. The molecular weight excluding hydrogens is 1390 g/mol. The number of hydrogen-bond acceptors (Lipinski definition) is 14. The minimum atomic E-state index is -5.20. The molecule has 2 unspecified atom stereocenters. The summed E-state index contributed by atoms with van der Waals surface area (Å²) in [5.74, 6) is -8.91. The Morgan fingerprint density at radius 2 is 0.602 bits per heavy atom. The quantitative estimate of drug-likeness (QED) is 0.0142. The number of nitrogens with zero attached hydrogens (tertiary/aromatic N) is 2. The van der Waals surface area contributed by atoms with Crippen molar-refractivity contribution in [1.82, 2.24) is 9.80 Å². The van der Waals surface area contributed by atoms with E-state index in [4.69, 9.17) is 41.9 Å². The first-order valence-corrected chi connectivity index (χ1v) is 34.8. The molecule has 0 saturated heterocycles. The van der Waals surface area contributed by atoms with Gasteiger partial charge >= 0.3 is 12.4 Å². The van der Waals surface area contributed by atoms with Crippen molar-refractivity contribution in [1.29, 1.82) is 0 Å². The van der Waals surface area contributed by atoms with Gasteiger partial charge in [0, 0.05) is 65.2 Å². The minimum Gasteiger partial charge on any atom is -0.457 e. The van der Waals surface area contributed by atoms with E-state index in [0.717, 1.165) is 22.3 Å². The Labute approximate surface area is 612 Å². The third-order valence-corrected chi connectivity index (χ3v) is 19.5. The normalized spacial score (nSPS) is 13.7. The first-order valence-electron chi connectivity index (χ1n) is 34.8. The van der Waals surface area contributed by atoms with Crippen molar-refractivity contribution in [3.8, 4) is 46.0 Å². The number of halogens is 6. The van der Waals surface area contributed by atoms with Crippen molar-refractivity contribution in [2.45, 2.75) is 63.0 Å². The fourth-order valence-electron chi connectivity index (χ4n) is 14.6. The van der Waals surface area contributed by atoms with E-state index in [1.165, 1.54) is 36.4 Å². The minimum absolute atomic E-state index is 0.0517. The van der Waals surface area contributed by atoms with Gasteiger partial charge in [0.2, 0.25) is 11.8 Å². The van der Waals surface area contributed by atoms with E-state index in [1.807, 2.05) is 0 Å². The Morgan fingerprint density at radius 1 is 0.343 bits per heavy atom. The van der Waals surface area contributed by atoms with Crippen LogP contribution in [0.4, 0.5) is 37.7 Å². The molecule has 0 aromatic heterocycles. The molecule has 0 fully saturated rings. The molecule has 13 aromatic rings. The Kier molecular flexibility index (Phi) is 19.0. The van der Waals surface area contributed by atoms with Gasteiger partial charge in [-0.15, -0.1) is 0 Å². The van der Waals surface area contributed by atoms with Gasteiger partial charge in [-0.25, -0.2) is 0 Å². The standard InChI is InChI=1S/C84H66F6N8O10/c85-83(86,87)43-63(77(99)95-61-13-5-9-49-7-1-3-11-55(49)61)97-79(101)57-39-65(105-51-23-15-45(16-24-51)31-35-91)71-73-67(107-53-27-19-47(20-28-53)33-37-93)41-59-70-60(82(104)98(81(59)103)64(44-84(88,89)90)78(100)96-62-14-6-10-50-8-2-4-12-56(50)62)42-68(108-54-29-21-48(22-30-54)34-38-94)74(76(70)73)72-66(40-58(80(97)102)69(57)75(71)72)106-52-25-17-46(18-26-52)32-36-92/h1-30,39-42,63-64H,31-38,43-44,91-94H2,(H,95,99)(H,96,100). The molecule has 10 N–H and O–H groups in total. The predicted molar refractivity (Wildman–Crippen MR) is 400 cm³/mol. The molecular formula is C84H66F6N8O10. The van der Waals surface area contributed by atoms with Crippen molar-refractivity contribution >= 4 is 111 Å². The van der Waals surface area contributed by atoms with Crippen LogP contribution in [0.3, 0.4) is 0 Å². The van der Waals surface area contributed by atoms with E-state index in [2.05, 4.69) is 10.6 Å². The van der Waals surface area contributed by atoms with Crippen molar-refractivity contribution in [3.05, 3.63) is 251 Å². The highest BCUT2D eigenvalue weighted by Gasteiger charge is 2.50. The molecule has 24 heteroatoms. The number of hydrogen-bond donors (Lipinski definition) is 6. The molecule has 108 heavy (non-hydrogen) atoms. The van der Waals surface area contributed by atoms with E-state index in [0.29, 0.717) is 47.2 Å². The van der Waals surface area contributed by atoms with Crippen molar-refractivity contribution in [2.24, 2.45) is 22.9 Å². The molecule has 0 spiro atoms. The number of anilines is 2. The Balaban J connectivity index is 1.07. The molecule has 13 aromatic carbocycles. The van der Waals surface area contributed by atoms with Crippen LogP contribution in [0.25, 0.3) is 64.6 Å². The third-order valence-electron chi connectivity index (χ3n) is 19.5. The van der Waals surface area contributed by atoms with E-state index in [1.54, 1.807) is 170 Å². The van der Waals surface area contributed by atoms with Crippen LogP contribution < -0.4 is 52.5 Å². The van der Waals surface area contributed by atoms with E-state index < -0.39 is 95.0 Å². The number of carbonyl (C=O) groups excluding carboxylic acids is 6. The van der Waals surface area contributed by atoms with Gasteiger partial charge in [-0.05, 0) is 170 Å². The molecule has 2 aliphatic rings. The maximum atomic E-state index is 16.2. The van der Waals surface area contributed by atoms with Crippen LogP contribution in [0.15, 0.2) is 206 Å². The fourth-order valence-corrected chi connectivity index (χ4v) is 14.6. The molecule has 0 saturated carbocycles. The maximum Gasteiger partial charge on any atom is 0.391 e. The second-order valence-electron chi connectivity index (χ2n) is 26.5. The van der Waals surface area contributed by atoms with Crippen LogP contribution in [0.2, 0.25) is 0 Å². The summed E-state index contributed by atoms with van der Waals surface area (Å²) in [4.78, 5) is 95.5. The van der Waals surface area contributed by atoms with Gasteiger partial charge in [-0.1, -0.05) is 121 Å². The SMILES string of the molecule is NCCc1ccc(Oc2cc3c4c(cc(Oc5ccc(CCN)cc5)c5c6c(Oc7ccc(CCN)cc7)cc7c8c(cc(Oc9ccc(CCN)cc9)c(c2c45)c86)C(=O)N(C(CC(F)(F)F)C(=O)Nc2cccc4ccccc24)C7=O)C(=O)N(C(CC(F)(F)F)C(=O)Nc2cccc4ccccc24)C3=O)cc1. The lowest BCUT2D eigenvalue weighted by molar-refractivity contribution is -0.151. The average molecular weight is 1460 g/mol. The van der Waals surface area contributed by atoms with Gasteiger partial charge in [0.1, 0.15) is 58.1 Å². The summed E-state index contributed by atoms with van der Waals surface area (Å²) in [7, 11) is 0. The highest BCUT2D eigenvalue weighted by Crippen LogP contribution is 2.58. The summed E-state index contributed by atoms with van der Waals surface area (Å²) in [5.41, 5.74) is 25.4. The summed E-state index contributed by atoms with van der Waals surface area (Å²) >= 11 is 0. The Morgan fingerprint density at radius 3 is 0.861 bits per heavy atom. The second kappa shape index (κ2) is 28.8. The van der Waals surface area contributed by atoms with Crippen LogP contribution in [0.1, 0.15) is 76.5 Å². The van der Waals surface area contributed by atoms with Crippen LogP contribution in [0.5, 0.6) is 46.0 Å². The molecule has 15 rings (SSSR count). The molecule has 2 aliphatic heterocycles. The number of nitrogens with two attached hydrogens (primary N) is 4. The summed E-state index contributed by atoms with van der Waals surface area (Å²) in [5, 5.41) is 6.52. The predicted octanol–water partition coefficient (Wildman–Crippen LogP) is 16.3. The number of fused-ring (bicyclic) bond motifs is 4. The van der Waals surface area contributed by atoms with Gasteiger partial charge in [0.25, 0.3) is 23.6 Å². The number of amides is 6. The topological polar surface area (TPSA) is 274 Å². The van der Waals surface area contributed by atoms with Crippen molar-refractivity contribution < 1.29 is 74.1 Å². The average Bonchev–Trinajstić information content (AvgIpc) is 0.670. The zero-order chi connectivity index (χ0) is 75.4. The molecule has 544 valence electrons. The Hall–Kier alpha value is -12.5. The number of alkyl halides is 6. The van der Waals surface area contributed by atoms with Crippen LogP contribution >= 0.6 is 0 Å². The summed E-state index contributed by atoms with van der Waals surface area (Å²) in [6, 6.07) is 49.3. The van der Waals surface area contributed by atoms with Gasteiger partial charge in [-0.3, -0.25) is 38.6 Å². The fraction of sp³-hybridized carbons (Fsp3) is 0.167. The zero-order valence-corrected chi connectivity index (χ0v) is 57.4. The number of ether oxygens (including phenoxy) is 4. The van der Waals surface area contributed by atoms with Crippen LogP contribution in [-0.4, -0.2) is 95.9 Å². The zero-order valence-electron chi connectivity index (χ0n) is 57.4. The van der Waals surface area contributed by atoms with E-state index in [9.17, 15) is 0 Å². The molecule has 0 radical (unpaired) electrons. The highest BCUT2D eigenvalue weighted by atomic mass is 19.4. The number of rotatable bonds is 24. The third kappa shape index (κ3) is 13.5. The first kappa shape index (κ1) is 71.1. The molecule has 0 bridgehead atoms. The lowest BCUT2D eigenvalue weighted by Crippen LogP contribution is -2.53.